The lowest BCUT2D eigenvalue weighted by Crippen LogP contribution is -2.38. The third kappa shape index (κ3) is 5.72. The van der Waals surface area contributed by atoms with E-state index in [4.69, 9.17) is 9.47 Å². The number of esters is 1. The van der Waals surface area contributed by atoms with Gasteiger partial charge >= 0.3 is 11.7 Å². The number of nitrogens with zero attached hydrogens (tertiary/aromatic N) is 2. The minimum atomic E-state index is -1.04. The minimum absolute atomic E-state index is 0.165. The molecule has 0 fully saturated rings. The molecular weight excluding hydrogens is 504 g/mol. The number of aromatic amines is 1. The van der Waals surface area contributed by atoms with Crippen LogP contribution in [0.5, 0.6) is 5.75 Å². The third-order valence-electron chi connectivity index (χ3n) is 6.26. The Morgan fingerprint density at radius 3 is 2.51 bits per heavy atom. The van der Waals surface area contributed by atoms with E-state index in [2.05, 4.69) is 20.0 Å². The molecule has 0 radical (unpaired) electrons. The lowest BCUT2D eigenvalue weighted by Gasteiger charge is -2.30. The number of anilines is 2. The standard InChI is InChI=1S/C28H24N4O7/c1-37-27(35)21(13-17-5-3-2-4-6-17)26(34)29-20-11-12-22-23(14-20)38-16-24(33)32(22)15-18-7-9-19(10-8-18)25-30-28(36)39-31-25/h2-12,14,21H,13,15-16H2,1H3,(H,29,34)(H,30,31,36). The van der Waals surface area contributed by atoms with Crippen LogP contribution in [0, 0.1) is 5.92 Å². The molecule has 0 spiro atoms. The van der Waals surface area contributed by atoms with Crippen LogP contribution in [-0.4, -0.2) is 41.6 Å². The van der Waals surface area contributed by atoms with Crippen molar-refractivity contribution in [3.8, 4) is 17.1 Å². The van der Waals surface area contributed by atoms with Crippen LogP contribution in [-0.2, 0) is 32.1 Å². The van der Waals surface area contributed by atoms with Crippen molar-refractivity contribution in [1.82, 2.24) is 10.1 Å². The van der Waals surface area contributed by atoms with E-state index in [-0.39, 0.29) is 25.5 Å². The van der Waals surface area contributed by atoms with Gasteiger partial charge in [0.1, 0.15) is 11.7 Å². The highest BCUT2D eigenvalue weighted by Crippen LogP contribution is 2.36. The zero-order valence-corrected chi connectivity index (χ0v) is 20.9. The molecule has 1 aliphatic heterocycles. The van der Waals surface area contributed by atoms with Gasteiger partial charge in [-0.1, -0.05) is 59.8 Å². The van der Waals surface area contributed by atoms with Crippen LogP contribution in [0.4, 0.5) is 11.4 Å². The van der Waals surface area contributed by atoms with Gasteiger partial charge in [-0.3, -0.25) is 23.9 Å². The molecule has 0 bridgehead atoms. The molecule has 0 saturated carbocycles. The first kappa shape index (κ1) is 25.5. The summed E-state index contributed by atoms with van der Waals surface area (Å²) in [5.41, 5.74) is 3.29. The summed E-state index contributed by atoms with van der Waals surface area (Å²) in [6, 6.07) is 21.3. The van der Waals surface area contributed by atoms with Crippen LogP contribution in [0.25, 0.3) is 11.4 Å². The van der Waals surface area contributed by atoms with Crippen LogP contribution in [0.2, 0.25) is 0 Å². The number of amides is 2. The number of methoxy groups -OCH3 is 1. The molecule has 1 unspecified atom stereocenters. The summed E-state index contributed by atoms with van der Waals surface area (Å²) < 4.78 is 15.0. The molecule has 3 aromatic carbocycles. The smallest absolute Gasteiger partial charge is 0.439 e. The number of hydrogen-bond donors (Lipinski definition) is 2. The van der Waals surface area contributed by atoms with Crippen LogP contribution in [0.3, 0.4) is 0 Å². The fourth-order valence-corrected chi connectivity index (χ4v) is 4.26. The van der Waals surface area contributed by atoms with Crippen molar-refractivity contribution in [2.45, 2.75) is 13.0 Å². The summed E-state index contributed by atoms with van der Waals surface area (Å²) >= 11 is 0. The Morgan fingerprint density at radius 1 is 1.05 bits per heavy atom. The maximum absolute atomic E-state index is 13.0. The van der Waals surface area contributed by atoms with Gasteiger partial charge < -0.3 is 19.7 Å². The Balaban J connectivity index is 1.31. The van der Waals surface area contributed by atoms with Crippen molar-refractivity contribution in [3.05, 3.63) is 94.5 Å². The molecule has 11 heteroatoms. The minimum Gasteiger partial charge on any atom is -0.481 e. The zero-order chi connectivity index (χ0) is 27.4. The highest BCUT2D eigenvalue weighted by atomic mass is 16.5. The number of carbonyl (C=O) groups is 3. The van der Waals surface area contributed by atoms with Gasteiger partial charge in [0.05, 0.1) is 19.3 Å². The number of aromatic nitrogens is 2. The van der Waals surface area contributed by atoms with Crippen LogP contribution >= 0.6 is 0 Å². The second-order valence-corrected chi connectivity index (χ2v) is 8.85. The predicted octanol–water partition coefficient (Wildman–Crippen LogP) is 2.93. The number of H-pyrrole nitrogens is 1. The van der Waals surface area contributed by atoms with E-state index in [1.54, 1.807) is 35.2 Å². The van der Waals surface area contributed by atoms with Crippen molar-refractivity contribution < 1.29 is 28.4 Å². The summed E-state index contributed by atoms with van der Waals surface area (Å²) in [5, 5.41) is 6.43. The Bertz CT molecular complexity index is 1560. The number of carbonyl (C=O) groups excluding carboxylic acids is 3. The molecule has 0 saturated heterocycles. The van der Waals surface area contributed by atoms with E-state index in [1.165, 1.54) is 7.11 Å². The summed E-state index contributed by atoms with van der Waals surface area (Å²) in [6.45, 7) is 0.111. The quantitative estimate of drug-likeness (QED) is 0.262. The molecule has 0 aliphatic carbocycles. The number of rotatable bonds is 8. The first-order valence-electron chi connectivity index (χ1n) is 12.1. The fraction of sp³-hybridized carbons (Fsp3) is 0.179. The number of hydrogen-bond acceptors (Lipinski definition) is 8. The van der Waals surface area contributed by atoms with Gasteiger partial charge in [-0.25, -0.2) is 4.79 Å². The van der Waals surface area contributed by atoms with Gasteiger partial charge in [-0.15, -0.1) is 0 Å². The van der Waals surface area contributed by atoms with Crippen molar-refractivity contribution in [2.24, 2.45) is 5.92 Å². The molecule has 39 heavy (non-hydrogen) atoms. The molecule has 1 atom stereocenters. The monoisotopic (exact) mass is 528 g/mol. The normalized spacial score (nSPS) is 13.3. The fourth-order valence-electron chi connectivity index (χ4n) is 4.26. The van der Waals surface area contributed by atoms with Crippen LogP contribution in [0.15, 0.2) is 82.1 Å². The molecule has 2 amide bonds. The molecule has 1 aromatic heterocycles. The van der Waals surface area contributed by atoms with E-state index in [9.17, 15) is 19.2 Å². The largest absolute Gasteiger partial charge is 0.481 e. The second kappa shape index (κ2) is 11.1. The molecule has 1 aliphatic rings. The average Bonchev–Trinajstić information content (AvgIpc) is 3.40. The molecule has 2 heterocycles. The summed E-state index contributed by atoms with van der Waals surface area (Å²) in [4.78, 5) is 53.4. The van der Waals surface area contributed by atoms with E-state index < -0.39 is 23.6 Å². The van der Waals surface area contributed by atoms with Crippen molar-refractivity contribution in [3.63, 3.8) is 0 Å². The molecule has 11 nitrogen and oxygen atoms in total. The molecule has 5 rings (SSSR count). The van der Waals surface area contributed by atoms with Gasteiger partial charge in [0.25, 0.3) is 5.91 Å². The van der Waals surface area contributed by atoms with Gasteiger partial charge in [-0.2, -0.15) is 0 Å². The topological polar surface area (TPSA) is 144 Å². The Labute approximate surface area is 222 Å². The summed E-state index contributed by atoms with van der Waals surface area (Å²) in [7, 11) is 1.24. The number of ether oxygens (including phenoxy) is 2. The first-order valence-corrected chi connectivity index (χ1v) is 12.1. The van der Waals surface area contributed by atoms with Crippen LogP contribution in [0.1, 0.15) is 11.1 Å². The van der Waals surface area contributed by atoms with Crippen molar-refractivity contribution >= 4 is 29.2 Å². The molecule has 198 valence electrons. The Hall–Kier alpha value is -5.19. The van der Waals surface area contributed by atoms with Crippen molar-refractivity contribution in [1.29, 1.82) is 0 Å². The zero-order valence-electron chi connectivity index (χ0n) is 20.9. The lowest BCUT2D eigenvalue weighted by molar-refractivity contribution is -0.148. The lowest BCUT2D eigenvalue weighted by atomic mass is 9.98. The average molecular weight is 529 g/mol. The van der Waals surface area contributed by atoms with Gasteiger partial charge in [0, 0.05) is 17.3 Å². The molecular formula is C28H24N4O7. The van der Waals surface area contributed by atoms with Gasteiger partial charge in [0.15, 0.2) is 12.4 Å². The predicted molar refractivity (Wildman–Crippen MR) is 140 cm³/mol. The molecule has 4 aromatic rings. The number of fused-ring (bicyclic) bond motifs is 1. The van der Waals surface area contributed by atoms with Crippen LogP contribution < -0.4 is 20.7 Å². The van der Waals surface area contributed by atoms with Gasteiger partial charge in [-0.05, 0) is 29.7 Å². The SMILES string of the molecule is COC(=O)C(Cc1ccccc1)C(=O)Nc1ccc2c(c1)OCC(=O)N2Cc1ccc(-c2noc(=O)[nH]2)cc1. The highest BCUT2D eigenvalue weighted by Gasteiger charge is 2.30. The number of nitrogens with one attached hydrogen (secondary N) is 2. The van der Waals surface area contributed by atoms with E-state index in [1.807, 2.05) is 42.5 Å². The maximum atomic E-state index is 13.0. The van der Waals surface area contributed by atoms with E-state index in [0.717, 1.165) is 11.1 Å². The van der Waals surface area contributed by atoms with Gasteiger partial charge in [0.2, 0.25) is 5.91 Å². The summed E-state index contributed by atoms with van der Waals surface area (Å²) in [5.74, 6) is -2.32. The number of benzene rings is 3. The maximum Gasteiger partial charge on any atom is 0.439 e. The van der Waals surface area contributed by atoms with E-state index in [0.29, 0.717) is 28.5 Å². The highest BCUT2D eigenvalue weighted by molar-refractivity contribution is 6.05. The van der Waals surface area contributed by atoms with E-state index >= 15 is 0 Å². The molecule has 2 N–H and O–H groups in total. The first-order chi connectivity index (χ1) is 18.9. The summed E-state index contributed by atoms with van der Waals surface area (Å²) in [6.07, 6.45) is 0.189. The third-order valence-corrected chi connectivity index (χ3v) is 6.26. The van der Waals surface area contributed by atoms with Crippen molar-refractivity contribution in [2.75, 3.05) is 23.9 Å². The Morgan fingerprint density at radius 2 is 1.82 bits per heavy atom. The second-order valence-electron chi connectivity index (χ2n) is 8.85. The Kier molecular flexibility index (Phi) is 7.21.